The summed E-state index contributed by atoms with van der Waals surface area (Å²) in [7, 11) is -3.64. The van der Waals surface area contributed by atoms with Gasteiger partial charge in [0.05, 0.1) is 24.2 Å². The molecule has 0 spiro atoms. The molecule has 32 heavy (non-hydrogen) atoms. The first-order valence-corrected chi connectivity index (χ1v) is 13.5. The second-order valence-corrected chi connectivity index (χ2v) is 11.0. The third-order valence-electron chi connectivity index (χ3n) is 5.72. The first kappa shape index (κ1) is 24.5. The van der Waals surface area contributed by atoms with Crippen molar-refractivity contribution in [3.8, 4) is 0 Å². The van der Waals surface area contributed by atoms with E-state index in [1.807, 2.05) is 16.4 Å². The average molecular weight is 484 g/mol. The maximum atomic E-state index is 13.3. The van der Waals surface area contributed by atoms with E-state index in [-0.39, 0.29) is 30.3 Å². The van der Waals surface area contributed by atoms with Gasteiger partial charge in [-0.1, -0.05) is 11.8 Å². The van der Waals surface area contributed by atoms with Gasteiger partial charge in [0.25, 0.3) is 0 Å². The van der Waals surface area contributed by atoms with E-state index in [2.05, 4.69) is 24.0 Å². The van der Waals surface area contributed by atoms with Gasteiger partial charge >= 0.3 is 0 Å². The Kier molecular flexibility index (Phi) is 7.81. The summed E-state index contributed by atoms with van der Waals surface area (Å²) in [4.78, 5) is 14.8. The van der Waals surface area contributed by atoms with Crippen molar-refractivity contribution in [1.29, 1.82) is 0 Å². The number of amides is 1. The molecule has 3 rings (SSSR count). The van der Waals surface area contributed by atoms with E-state index in [4.69, 9.17) is 0 Å². The highest BCUT2D eigenvalue weighted by Gasteiger charge is 2.29. The monoisotopic (exact) mass is 483 g/mol. The number of hydrogen-bond donors (Lipinski definition) is 0. The molecule has 1 aromatic heterocycles. The van der Waals surface area contributed by atoms with E-state index in [0.29, 0.717) is 23.2 Å². The second-order valence-electron chi connectivity index (χ2n) is 8.11. The summed E-state index contributed by atoms with van der Waals surface area (Å²) in [6, 6.07) is 5.72. The number of carbonyl (C=O) groups excluding carboxylic acids is 1. The summed E-state index contributed by atoms with van der Waals surface area (Å²) in [5, 5.41) is 8.97. The number of thioether (sulfide) groups is 1. The minimum atomic E-state index is -3.64. The van der Waals surface area contributed by atoms with E-state index in [0.717, 1.165) is 25.5 Å². The molecule has 0 bridgehead atoms. The number of rotatable bonds is 8. The molecule has 2 aromatic rings. The van der Waals surface area contributed by atoms with Gasteiger partial charge in [0, 0.05) is 18.6 Å². The lowest BCUT2D eigenvalue weighted by atomic mass is 9.98. The third kappa shape index (κ3) is 5.61. The van der Waals surface area contributed by atoms with Crippen LogP contribution in [-0.2, 0) is 27.9 Å². The summed E-state index contributed by atoms with van der Waals surface area (Å²) in [6.45, 7) is 6.56. The van der Waals surface area contributed by atoms with Crippen molar-refractivity contribution >= 4 is 33.4 Å². The highest BCUT2D eigenvalue weighted by molar-refractivity contribution is 7.99. The smallest absolute Gasteiger partial charge is 0.233 e. The van der Waals surface area contributed by atoms with Gasteiger partial charge in [0.1, 0.15) is 5.82 Å². The van der Waals surface area contributed by atoms with Gasteiger partial charge in [-0.2, -0.15) is 0 Å². The molecule has 0 unspecified atom stereocenters. The van der Waals surface area contributed by atoms with Crippen LogP contribution in [0.15, 0.2) is 29.4 Å². The van der Waals surface area contributed by atoms with Crippen LogP contribution in [-0.4, -0.2) is 58.1 Å². The zero-order valence-corrected chi connectivity index (χ0v) is 20.5. The van der Waals surface area contributed by atoms with Crippen LogP contribution in [0.2, 0.25) is 0 Å². The molecular weight excluding hydrogens is 453 g/mol. The molecule has 1 aliphatic rings. The quantitative estimate of drug-likeness (QED) is 0.536. The standard InChI is InChI=1S/C21H30FN5O3S2/c1-5-25-19(13-26(32(4,29)30)18-11-9-17(22)10-12-18)23-24-21(25)31-14-20(28)27-15(2)7-6-8-16(27)3/h9-12,15-16H,5-8,13-14H2,1-4H3/t15-,16-/m0/s1. The molecule has 2 heterocycles. The SMILES string of the molecule is CCn1c(CN(c2ccc(F)cc2)S(C)(=O)=O)nnc1SCC(=O)N1[C@@H](C)CCC[C@@H]1C. The van der Waals surface area contributed by atoms with Gasteiger partial charge < -0.3 is 9.47 Å². The zero-order chi connectivity index (χ0) is 23.5. The number of nitrogens with zero attached hydrogens (tertiary/aromatic N) is 5. The topological polar surface area (TPSA) is 88.4 Å². The second kappa shape index (κ2) is 10.2. The lowest BCUT2D eigenvalue weighted by Gasteiger charge is -2.39. The first-order chi connectivity index (χ1) is 15.1. The van der Waals surface area contributed by atoms with Crippen molar-refractivity contribution in [2.24, 2.45) is 0 Å². The van der Waals surface area contributed by atoms with E-state index < -0.39 is 15.8 Å². The molecule has 1 aliphatic heterocycles. The minimum Gasteiger partial charge on any atom is -0.337 e. The molecule has 2 atom stereocenters. The number of likely N-dealkylation sites (tertiary alicyclic amines) is 1. The zero-order valence-electron chi connectivity index (χ0n) is 18.9. The van der Waals surface area contributed by atoms with Crippen molar-refractivity contribution < 1.29 is 17.6 Å². The molecule has 0 aliphatic carbocycles. The first-order valence-electron chi connectivity index (χ1n) is 10.7. The van der Waals surface area contributed by atoms with Gasteiger partial charge in [-0.3, -0.25) is 9.10 Å². The number of piperidine rings is 1. The number of carbonyl (C=O) groups is 1. The molecule has 0 radical (unpaired) electrons. The predicted molar refractivity (Wildman–Crippen MR) is 123 cm³/mol. The summed E-state index contributed by atoms with van der Waals surface area (Å²) in [6.07, 6.45) is 4.26. The molecule has 1 amide bonds. The van der Waals surface area contributed by atoms with Crippen LogP contribution in [0.3, 0.4) is 0 Å². The van der Waals surface area contributed by atoms with Gasteiger partial charge in [0.15, 0.2) is 11.0 Å². The van der Waals surface area contributed by atoms with Crippen molar-refractivity contribution in [3.63, 3.8) is 0 Å². The van der Waals surface area contributed by atoms with E-state index in [1.165, 1.54) is 40.3 Å². The maximum absolute atomic E-state index is 13.3. The lowest BCUT2D eigenvalue weighted by Crippen LogP contribution is -2.48. The number of aromatic nitrogens is 3. The van der Waals surface area contributed by atoms with Gasteiger partial charge in [-0.05, 0) is 64.3 Å². The summed E-state index contributed by atoms with van der Waals surface area (Å²) >= 11 is 1.31. The Morgan fingerprint density at radius 1 is 1.19 bits per heavy atom. The maximum Gasteiger partial charge on any atom is 0.233 e. The van der Waals surface area contributed by atoms with Gasteiger partial charge in [0.2, 0.25) is 15.9 Å². The average Bonchev–Trinajstić information content (AvgIpc) is 3.12. The van der Waals surface area contributed by atoms with Gasteiger partial charge in [-0.25, -0.2) is 12.8 Å². The van der Waals surface area contributed by atoms with Crippen LogP contribution in [0, 0.1) is 5.82 Å². The number of hydrogen-bond acceptors (Lipinski definition) is 6. The summed E-state index contributed by atoms with van der Waals surface area (Å²) < 4.78 is 41.1. The Hall–Kier alpha value is -2.14. The fourth-order valence-electron chi connectivity index (χ4n) is 4.11. The molecule has 8 nitrogen and oxygen atoms in total. The molecule has 176 valence electrons. The van der Waals surface area contributed by atoms with Crippen LogP contribution in [0.5, 0.6) is 0 Å². The molecule has 0 N–H and O–H groups in total. The van der Waals surface area contributed by atoms with E-state index >= 15 is 0 Å². The Balaban J connectivity index is 1.76. The highest BCUT2D eigenvalue weighted by Crippen LogP contribution is 2.26. The molecule has 1 saturated heterocycles. The van der Waals surface area contributed by atoms with Crippen LogP contribution in [0.4, 0.5) is 10.1 Å². The Morgan fingerprint density at radius 2 is 1.81 bits per heavy atom. The normalized spacial score (nSPS) is 19.2. The van der Waals surface area contributed by atoms with Crippen LogP contribution < -0.4 is 4.31 Å². The minimum absolute atomic E-state index is 0.0417. The van der Waals surface area contributed by atoms with Crippen molar-refractivity contribution in [2.75, 3.05) is 16.3 Å². The third-order valence-corrected chi connectivity index (χ3v) is 7.81. The number of halogens is 1. The van der Waals surface area contributed by atoms with Crippen molar-refractivity contribution in [3.05, 3.63) is 35.9 Å². The summed E-state index contributed by atoms with van der Waals surface area (Å²) in [5.74, 6) is 0.336. The Morgan fingerprint density at radius 3 is 2.38 bits per heavy atom. The number of sulfonamides is 1. The highest BCUT2D eigenvalue weighted by atomic mass is 32.2. The molecule has 11 heteroatoms. The lowest BCUT2D eigenvalue weighted by molar-refractivity contribution is -0.134. The van der Waals surface area contributed by atoms with E-state index in [1.54, 1.807) is 0 Å². The number of anilines is 1. The molecule has 1 fully saturated rings. The Bertz CT molecular complexity index is 1030. The van der Waals surface area contributed by atoms with Crippen molar-refractivity contribution in [2.45, 2.75) is 70.4 Å². The molecule has 0 saturated carbocycles. The fourth-order valence-corrected chi connectivity index (χ4v) is 5.86. The molecular formula is C21H30FN5O3S2. The van der Waals surface area contributed by atoms with Crippen LogP contribution in [0.25, 0.3) is 0 Å². The predicted octanol–water partition coefficient (Wildman–Crippen LogP) is 3.28. The summed E-state index contributed by atoms with van der Waals surface area (Å²) in [5.41, 5.74) is 0.344. The van der Waals surface area contributed by atoms with Crippen molar-refractivity contribution in [1.82, 2.24) is 19.7 Å². The number of benzene rings is 1. The fraction of sp³-hybridized carbons (Fsp3) is 0.571. The largest absolute Gasteiger partial charge is 0.337 e. The molecule has 1 aromatic carbocycles. The van der Waals surface area contributed by atoms with E-state index in [9.17, 15) is 17.6 Å². The van der Waals surface area contributed by atoms with Crippen LogP contribution >= 0.6 is 11.8 Å². The van der Waals surface area contributed by atoms with Gasteiger partial charge in [-0.15, -0.1) is 10.2 Å². The van der Waals surface area contributed by atoms with Crippen LogP contribution in [0.1, 0.15) is 45.9 Å². The Labute approximate surface area is 193 Å².